The summed E-state index contributed by atoms with van der Waals surface area (Å²) in [5.74, 6) is -1.08. The predicted octanol–water partition coefficient (Wildman–Crippen LogP) is 2.25. The molecule has 138 valence electrons. The first kappa shape index (κ1) is 18.6. The molecular weight excluding hydrogens is 400 g/mol. The summed E-state index contributed by atoms with van der Waals surface area (Å²) in [6, 6.07) is 7.72. The maximum atomic E-state index is 12.7. The van der Waals surface area contributed by atoms with Gasteiger partial charge in [0.25, 0.3) is 0 Å². The average Bonchev–Trinajstić information content (AvgIpc) is 3.12. The number of benzene rings is 1. The van der Waals surface area contributed by atoms with Crippen molar-refractivity contribution in [2.45, 2.75) is 19.5 Å². The Morgan fingerprint density at radius 3 is 2.62 bits per heavy atom. The summed E-state index contributed by atoms with van der Waals surface area (Å²) in [6.07, 6.45) is 2.66. The Morgan fingerprint density at radius 2 is 2.00 bits per heavy atom. The van der Waals surface area contributed by atoms with Crippen LogP contribution in [0.2, 0.25) is 0 Å². The number of aromatic nitrogens is 2. The lowest BCUT2D eigenvalue weighted by atomic mass is 10.2. The van der Waals surface area contributed by atoms with E-state index in [0.717, 1.165) is 24.1 Å². The van der Waals surface area contributed by atoms with Crippen LogP contribution in [0.25, 0.3) is 0 Å². The Hall–Kier alpha value is -2.19. The number of hydrogen-bond donors (Lipinski definition) is 1. The molecule has 0 bridgehead atoms. The number of carbonyl (C=O) groups is 2. The maximum Gasteiger partial charge on any atom is 0.338 e. The smallest absolute Gasteiger partial charge is 0.338 e. The number of aromatic carboxylic acids is 1. The van der Waals surface area contributed by atoms with E-state index in [1.807, 2.05) is 17.0 Å². The molecule has 2 heterocycles. The molecule has 7 nitrogen and oxygen atoms in total. The van der Waals surface area contributed by atoms with Crippen LogP contribution in [0.5, 0.6) is 0 Å². The van der Waals surface area contributed by atoms with E-state index in [2.05, 4.69) is 38.1 Å². The zero-order valence-corrected chi connectivity index (χ0v) is 16.1. The first-order chi connectivity index (χ1) is 12.4. The van der Waals surface area contributed by atoms with Gasteiger partial charge in [0.1, 0.15) is 6.04 Å². The van der Waals surface area contributed by atoms with Crippen molar-refractivity contribution in [3.63, 3.8) is 0 Å². The highest BCUT2D eigenvalue weighted by Crippen LogP contribution is 2.16. The lowest BCUT2D eigenvalue weighted by Gasteiger charge is -2.36. The summed E-state index contributed by atoms with van der Waals surface area (Å²) >= 11 is 3.49. The second-order valence-electron chi connectivity index (χ2n) is 6.42. The molecule has 1 fully saturated rings. The van der Waals surface area contributed by atoms with Gasteiger partial charge in [-0.3, -0.25) is 14.4 Å². The Morgan fingerprint density at radius 1 is 1.27 bits per heavy atom. The van der Waals surface area contributed by atoms with Crippen LogP contribution in [0, 0.1) is 0 Å². The second-order valence-corrected chi connectivity index (χ2v) is 7.34. The van der Waals surface area contributed by atoms with Gasteiger partial charge in [-0.2, -0.15) is 5.10 Å². The number of hydrogen-bond acceptors (Lipinski definition) is 4. The van der Waals surface area contributed by atoms with Crippen molar-refractivity contribution in [3.8, 4) is 0 Å². The van der Waals surface area contributed by atoms with E-state index in [1.165, 1.54) is 22.6 Å². The monoisotopic (exact) mass is 420 g/mol. The standard InChI is InChI=1S/C18H21BrN4O3/c1-13(23-12-15(10-20-23)18(25)26)17(24)22-7-5-21(6-8-22)11-14-3-2-4-16(19)9-14/h2-4,9-10,12-13H,5-8,11H2,1H3,(H,25,26). The number of carbonyl (C=O) groups excluding carboxylic acids is 1. The summed E-state index contributed by atoms with van der Waals surface area (Å²) < 4.78 is 2.48. The third-order valence-electron chi connectivity index (χ3n) is 4.58. The fraction of sp³-hybridized carbons (Fsp3) is 0.389. The van der Waals surface area contributed by atoms with E-state index in [-0.39, 0.29) is 11.5 Å². The van der Waals surface area contributed by atoms with Crippen molar-refractivity contribution < 1.29 is 14.7 Å². The van der Waals surface area contributed by atoms with Crippen LogP contribution >= 0.6 is 15.9 Å². The molecule has 0 aliphatic carbocycles. The van der Waals surface area contributed by atoms with Gasteiger partial charge in [0, 0.05) is 43.4 Å². The SMILES string of the molecule is CC(C(=O)N1CCN(Cc2cccc(Br)c2)CC1)n1cc(C(=O)O)cn1. The highest BCUT2D eigenvalue weighted by atomic mass is 79.9. The summed E-state index contributed by atoms with van der Waals surface area (Å²) in [4.78, 5) is 27.8. The highest BCUT2D eigenvalue weighted by molar-refractivity contribution is 9.10. The van der Waals surface area contributed by atoms with Crippen LogP contribution in [0.1, 0.15) is 28.9 Å². The van der Waals surface area contributed by atoms with Crippen molar-refractivity contribution in [1.82, 2.24) is 19.6 Å². The molecule has 1 atom stereocenters. The Labute approximate surface area is 160 Å². The molecule has 1 amide bonds. The van der Waals surface area contributed by atoms with E-state index in [1.54, 1.807) is 6.92 Å². The molecule has 0 radical (unpaired) electrons. The molecule has 0 saturated carbocycles. The zero-order valence-electron chi connectivity index (χ0n) is 14.5. The summed E-state index contributed by atoms with van der Waals surface area (Å²) in [6.45, 7) is 5.54. The highest BCUT2D eigenvalue weighted by Gasteiger charge is 2.26. The van der Waals surface area contributed by atoms with E-state index in [4.69, 9.17) is 5.11 Å². The van der Waals surface area contributed by atoms with Crippen molar-refractivity contribution in [3.05, 3.63) is 52.3 Å². The molecule has 26 heavy (non-hydrogen) atoms. The molecule has 1 aliphatic heterocycles. The third-order valence-corrected chi connectivity index (χ3v) is 5.08. The second kappa shape index (κ2) is 8.01. The van der Waals surface area contributed by atoms with Gasteiger partial charge in [0.15, 0.2) is 0 Å². The van der Waals surface area contributed by atoms with Gasteiger partial charge >= 0.3 is 5.97 Å². The van der Waals surface area contributed by atoms with Gasteiger partial charge in [0.05, 0.1) is 11.8 Å². The fourth-order valence-electron chi connectivity index (χ4n) is 3.06. The van der Waals surface area contributed by atoms with Gasteiger partial charge in [0.2, 0.25) is 5.91 Å². The molecule has 1 N–H and O–H groups in total. The van der Waals surface area contributed by atoms with Gasteiger partial charge < -0.3 is 10.0 Å². The molecule has 1 saturated heterocycles. The summed E-state index contributed by atoms with van der Waals surface area (Å²) in [5.41, 5.74) is 1.33. The third kappa shape index (κ3) is 4.31. The topological polar surface area (TPSA) is 78.7 Å². The van der Waals surface area contributed by atoms with Gasteiger partial charge in [-0.15, -0.1) is 0 Å². The van der Waals surface area contributed by atoms with Crippen molar-refractivity contribution in [2.75, 3.05) is 26.2 Å². The first-order valence-corrected chi connectivity index (χ1v) is 9.26. The predicted molar refractivity (Wildman–Crippen MR) is 99.9 cm³/mol. The van der Waals surface area contributed by atoms with E-state index < -0.39 is 12.0 Å². The minimum Gasteiger partial charge on any atom is -0.478 e. The largest absolute Gasteiger partial charge is 0.478 e. The number of carboxylic acids is 1. The van der Waals surface area contributed by atoms with Gasteiger partial charge in [-0.05, 0) is 24.6 Å². The summed E-state index contributed by atoms with van der Waals surface area (Å²) in [7, 11) is 0. The molecule has 3 rings (SSSR count). The molecule has 1 unspecified atom stereocenters. The van der Waals surface area contributed by atoms with Crippen LogP contribution in [-0.4, -0.2) is 62.7 Å². The molecule has 2 aromatic rings. The van der Waals surface area contributed by atoms with Crippen molar-refractivity contribution in [2.24, 2.45) is 0 Å². The van der Waals surface area contributed by atoms with E-state index in [0.29, 0.717) is 13.1 Å². The van der Waals surface area contributed by atoms with Crippen LogP contribution in [0.4, 0.5) is 0 Å². The summed E-state index contributed by atoms with van der Waals surface area (Å²) in [5, 5.41) is 13.0. The van der Waals surface area contributed by atoms with E-state index >= 15 is 0 Å². The number of carboxylic acid groups (broad SMARTS) is 1. The Bertz CT molecular complexity index is 799. The number of piperazine rings is 1. The minimum absolute atomic E-state index is 0.0351. The Kier molecular flexibility index (Phi) is 5.73. The van der Waals surface area contributed by atoms with Gasteiger partial charge in [-0.25, -0.2) is 4.79 Å². The normalized spacial score (nSPS) is 16.5. The Balaban J connectivity index is 1.55. The molecular formula is C18H21BrN4O3. The van der Waals surface area contributed by atoms with Crippen molar-refractivity contribution in [1.29, 1.82) is 0 Å². The number of halogens is 1. The molecule has 1 aromatic heterocycles. The fourth-order valence-corrected chi connectivity index (χ4v) is 3.50. The van der Waals surface area contributed by atoms with E-state index in [9.17, 15) is 9.59 Å². The van der Waals surface area contributed by atoms with Crippen LogP contribution in [-0.2, 0) is 11.3 Å². The lowest BCUT2D eigenvalue weighted by molar-refractivity contribution is -0.136. The molecule has 1 aromatic carbocycles. The minimum atomic E-state index is -1.04. The molecule has 8 heteroatoms. The number of amides is 1. The van der Waals surface area contributed by atoms with Crippen LogP contribution < -0.4 is 0 Å². The number of nitrogens with zero attached hydrogens (tertiary/aromatic N) is 4. The first-order valence-electron chi connectivity index (χ1n) is 8.47. The van der Waals surface area contributed by atoms with Gasteiger partial charge in [-0.1, -0.05) is 28.1 Å². The quantitative estimate of drug-likeness (QED) is 0.802. The lowest BCUT2D eigenvalue weighted by Crippen LogP contribution is -2.49. The maximum absolute atomic E-state index is 12.7. The number of rotatable bonds is 5. The average molecular weight is 421 g/mol. The molecule has 1 aliphatic rings. The zero-order chi connectivity index (χ0) is 18.7. The van der Waals surface area contributed by atoms with Crippen LogP contribution in [0.3, 0.4) is 0 Å². The van der Waals surface area contributed by atoms with Crippen LogP contribution in [0.15, 0.2) is 41.1 Å². The molecule has 0 spiro atoms. The van der Waals surface area contributed by atoms with Crippen molar-refractivity contribution >= 4 is 27.8 Å².